The van der Waals surface area contributed by atoms with Crippen molar-refractivity contribution in [3.8, 4) is 0 Å². The molecule has 0 bridgehead atoms. The smallest absolute Gasteiger partial charge is 0.0611 e. The van der Waals surface area contributed by atoms with Crippen LogP contribution in [0.3, 0.4) is 0 Å². The molecule has 18 heavy (non-hydrogen) atoms. The highest BCUT2D eigenvalue weighted by Gasteiger charge is 2.24. The van der Waals surface area contributed by atoms with Crippen LogP contribution in [0.5, 0.6) is 0 Å². The van der Waals surface area contributed by atoms with Crippen LogP contribution in [0.2, 0.25) is 0 Å². The number of rotatable bonds is 8. The Morgan fingerprint density at radius 1 is 1.28 bits per heavy atom. The summed E-state index contributed by atoms with van der Waals surface area (Å²) in [5.41, 5.74) is -0.102. The van der Waals surface area contributed by atoms with Crippen molar-refractivity contribution in [2.45, 2.75) is 58.4 Å². The number of aliphatic hydroxyl groups is 1. The average molecular weight is 256 g/mol. The van der Waals surface area contributed by atoms with Gasteiger partial charge in [0.2, 0.25) is 0 Å². The van der Waals surface area contributed by atoms with E-state index in [0.717, 1.165) is 25.4 Å². The molecule has 1 rings (SSSR count). The highest BCUT2D eigenvalue weighted by atomic mass is 16.3. The molecule has 1 atom stereocenters. The third-order valence-corrected chi connectivity index (χ3v) is 4.34. The van der Waals surface area contributed by atoms with Crippen molar-refractivity contribution in [2.75, 3.05) is 32.8 Å². The van der Waals surface area contributed by atoms with E-state index in [1.165, 1.54) is 38.8 Å². The fourth-order valence-electron chi connectivity index (χ4n) is 2.96. The van der Waals surface area contributed by atoms with Crippen molar-refractivity contribution < 1.29 is 5.11 Å². The van der Waals surface area contributed by atoms with E-state index in [4.69, 9.17) is 0 Å². The Kier molecular flexibility index (Phi) is 7.20. The maximum absolute atomic E-state index is 9.48. The molecule has 0 spiro atoms. The van der Waals surface area contributed by atoms with Gasteiger partial charge in [0.05, 0.1) is 6.61 Å². The highest BCUT2D eigenvalue weighted by Crippen LogP contribution is 2.22. The van der Waals surface area contributed by atoms with Crippen molar-refractivity contribution in [3.63, 3.8) is 0 Å². The number of aliphatic hydroxyl groups excluding tert-OH is 1. The zero-order valence-electron chi connectivity index (χ0n) is 12.5. The molecule has 3 heteroatoms. The van der Waals surface area contributed by atoms with Crippen molar-refractivity contribution in [1.29, 1.82) is 0 Å². The van der Waals surface area contributed by atoms with Gasteiger partial charge in [0.1, 0.15) is 0 Å². The number of hydrogen-bond acceptors (Lipinski definition) is 3. The van der Waals surface area contributed by atoms with Gasteiger partial charge in [-0.05, 0) is 58.3 Å². The number of likely N-dealkylation sites (N-methyl/N-ethyl adjacent to an activating group) is 1. The number of piperidine rings is 1. The lowest BCUT2D eigenvalue weighted by atomic mass is 9.91. The lowest BCUT2D eigenvalue weighted by molar-refractivity contribution is 0.127. The molecule has 0 saturated carbocycles. The summed E-state index contributed by atoms with van der Waals surface area (Å²) in [6, 6.07) is 0. The summed E-state index contributed by atoms with van der Waals surface area (Å²) in [5, 5.41) is 12.9. The van der Waals surface area contributed by atoms with Crippen molar-refractivity contribution in [1.82, 2.24) is 10.2 Å². The monoisotopic (exact) mass is 256 g/mol. The molecule has 2 N–H and O–H groups in total. The Bertz CT molecular complexity index is 215. The van der Waals surface area contributed by atoms with Crippen molar-refractivity contribution >= 4 is 0 Å². The summed E-state index contributed by atoms with van der Waals surface area (Å²) in [4.78, 5) is 2.57. The molecule has 3 nitrogen and oxygen atoms in total. The van der Waals surface area contributed by atoms with E-state index >= 15 is 0 Å². The third-order valence-electron chi connectivity index (χ3n) is 4.34. The van der Waals surface area contributed by atoms with Crippen molar-refractivity contribution in [3.05, 3.63) is 0 Å². The zero-order valence-corrected chi connectivity index (χ0v) is 12.5. The molecule has 1 unspecified atom stereocenters. The second-order valence-electron chi connectivity index (χ2n) is 6.07. The molecule has 1 aliphatic rings. The molecule has 0 aliphatic carbocycles. The minimum Gasteiger partial charge on any atom is -0.394 e. The summed E-state index contributed by atoms with van der Waals surface area (Å²) in [7, 11) is 0. The number of likely N-dealkylation sites (tertiary alicyclic amines) is 1. The van der Waals surface area contributed by atoms with Gasteiger partial charge in [-0.15, -0.1) is 0 Å². The quantitative estimate of drug-likeness (QED) is 0.699. The Labute approximate surface area is 113 Å². The fraction of sp³-hybridized carbons (Fsp3) is 1.00. The number of hydrogen-bond donors (Lipinski definition) is 2. The van der Waals surface area contributed by atoms with Gasteiger partial charge in [0.25, 0.3) is 0 Å². The first-order valence-electron chi connectivity index (χ1n) is 7.71. The fourth-order valence-corrected chi connectivity index (χ4v) is 2.96. The van der Waals surface area contributed by atoms with E-state index in [0.29, 0.717) is 0 Å². The van der Waals surface area contributed by atoms with Gasteiger partial charge < -0.3 is 15.3 Å². The standard InChI is InChI=1S/C15H32N2O/c1-4-6-14-7-10-17(11-8-14)12-9-15(3,13-18)16-5-2/h14,16,18H,4-13H2,1-3H3. The molecule has 108 valence electrons. The Morgan fingerprint density at radius 3 is 2.44 bits per heavy atom. The first kappa shape index (κ1) is 15.9. The van der Waals surface area contributed by atoms with Gasteiger partial charge in [-0.2, -0.15) is 0 Å². The second-order valence-corrected chi connectivity index (χ2v) is 6.07. The molecule has 1 aliphatic heterocycles. The molecular formula is C15H32N2O. The van der Waals surface area contributed by atoms with Crippen LogP contribution in [0.4, 0.5) is 0 Å². The first-order chi connectivity index (χ1) is 8.63. The molecule has 1 fully saturated rings. The van der Waals surface area contributed by atoms with Crippen LogP contribution >= 0.6 is 0 Å². The molecule has 0 radical (unpaired) electrons. The van der Waals surface area contributed by atoms with Gasteiger partial charge in [0.15, 0.2) is 0 Å². The molecule has 0 amide bonds. The lowest BCUT2D eigenvalue weighted by Crippen LogP contribution is -2.48. The van der Waals surface area contributed by atoms with E-state index in [2.05, 4.69) is 31.0 Å². The second kappa shape index (κ2) is 8.13. The Balaban J connectivity index is 2.24. The molecule has 1 saturated heterocycles. The van der Waals surface area contributed by atoms with Crippen LogP contribution in [0.1, 0.15) is 52.9 Å². The van der Waals surface area contributed by atoms with Gasteiger partial charge in [-0.25, -0.2) is 0 Å². The van der Waals surface area contributed by atoms with Gasteiger partial charge in [0, 0.05) is 5.54 Å². The number of nitrogens with one attached hydrogen (secondary N) is 1. The zero-order chi connectivity index (χ0) is 13.4. The van der Waals surface area contributed by atoms with Crippen LogP contribution < -0.4 is 5.32 Å². The SMILES string of the molecule is CCCC1CCN(CCC(C)(CO)NCC)CC1. The summed E-state index contributed by atoms with van der Waals surface area (Å²) in [6.07, 6.45) is 6.50. The Morgan fingerprint density at radius 2 is 1.94 bits per heavy atom. The van der Waals surface area contributed by atoms with Crippen LogP contribution in [0, 0.1) is 5.92 Å². The summed E-state index contributed by atoms with van der Waals surface area (Å²) < 4.78 is 0. The van der Waals surface area contributed by atoms with Gasteiger partial charge >= 0.3 is 0 Å². The topological polar surface area (TPSA) is 35.5 Å². The maximum atomic E-state index is 9.48. The van der Waals surface area contributed by atoms with E-state index in [-0.39, 0.29) is 12.1 Å². The van der Waals surface area contributed by atoms with Gasteiger partial charge in [-0.3, -0.25) is 0 Å². The van der Waals surface area contributed by atoms with Crippen LogP contribution in [-0.2, 0) is 0 Å². The average Bonchev–Trinajstić information content (AvgIpc) is 2.39. The number of nitrogens with zero attached hydrogens (tertiary/aromatic N) is 1. The largest absolute Gasteiger partial charge is 0.394 e. The molecular weight excluding hydrogens is 224 g/mol. The molecule has 0 aromatic heterocycles. The normalized spacial score (nSPS) is 22.0. The maximum Gasteiger partial charge on any atom is 0.0611 e. The lowest BCUT2D eigenvalue weighted by Gasteiger charge is -2.35. The summed E-state index contributed by atoms with van der Waals surface area (Å²) in [5.74, 6) is 0.962. The third kappa shape index (κ3) is 5.25. The minimum absolute atomic E-state index is 0.102. The summed E-state index contributed by atoms with van der Waals surface area (Å²) in [6.45, 7) is 11.3. The minimum atomic E-state index is -0.102. The van der Waals surface area contributed by atoms with E-state index in [1.54, 1.807) is 0 Å². The van der Waals surface area contributed by atoms with Crippen LogP contribution in [-0.4, -0.2) is 48.3 Å². The molecule has 0 aromatic carbocycles. The molecule has 0 aromatic rings. The predicted molar refractivity (Wildman–Crippen MR) is 77.9 cm³/mol. The van der Waals surface area contributed by atoms with Crippen molar-refractivity contribution in [2.24, 2.45) is 5.92 Å². The van der Waals surface area contributed by atoms with Crippen LogP contribution in [0.15, 0.2) is 0 Å². The van der Waals surface area contributed by atoms with Gasteiger partial charge in [-0.1, -0.05) is 26.7 Å². The van der Waals surface area contributed by atoms with E-state index in [1.807, 2.05) is 0 Å². The van der Waals surface area contributed by atoms with Crippen LogP contribution in [0.25, 0.3) is 0 Å². The highest BCUT2D eigenvalue weighted by molar-refractivity contribution is 4.84. The first-order valence-corrected chi connectivity index (χ1v) is 7.71. The predicted octanol–water partition coefficient (Wildman–Crippen LogP) is 2.25. The molecule has 1 heterocycles. The van der Waals surface area contributed by atoms with E-state index < -0.39 is 0 Å². The Hall–Kier alpha value is -0.120. The van der Waals surface area contributed by atoms with E-state index in [9.17, 15) is 5.11 Å². The summed E-state index contributed by atoms with van der Waals surface area (Å²) >= 11 is 0.